The Morgan fingerprint density at radius 1 is 1.18 bits per heavy atom. The first kappa shape index (κ1) is 14.6. The van der Waals surface area contributed by atoms with Crippen molar-refractivity contribution in [2.45, 2.75) is 0 Å². The fraction of sp³-hybridized carbons (Fsp3) is 0.0714. The number of anilines is 2. The van der Waals surface area contributed by atoms with Crippen LogP contribution in [-0.4, -0.2) is 18.5 Å². The quantitative estimate of drug-likeness (QED) is 0.630. The van der Waals surface area contributed by atoms with Gasteiger partial charge in [0.2, 0.25) is 0 Å². The van der Waals surface area contributed by atoms with E-state index in [2.05, 4.69) is 10.6 Å². The summed E-state index contributed by atoms with van der Waals surface area (Å²) in [4.78, 5) is 24.2. The van der Waals surface area contributed by atoms with Gasteiger partial charge in [-0.1, -0.05) is 6.07 Å². The van der Waals surface area contributed by atoms with E-state index in [4.69, 9.17) is 15.8 Å². The van der Waals surface area contributed by atoms with Crippen molar-refractivity contribution in [1.29, 1.82) is 15.8 Å². The van der Waals surface area contributed by atoms with E-state index in [1.807, 2.05) is 0 Å². The van der Waals surface area contributed by atoms with Gasteiger partial charge in [0.1, 0.15) is 23.9 Å². The van der Waals surface area contributed by atoms with Gasteiger partial charge in [0.25, 0.3) is 5.91 Å². The highest BCUT2D eigenvalue weighted by atomic mass is 16.2. The fourth-order valence-electron chi connectivity index (χ4n) is 1.83. The van der Waals surface area contributed by atoms with Crippen molar-refractivity contribution in [3.8, 4) is 18.2 Å². The lowest BCUT2D eigenvalue weighted by molar-refractivity contribution is -0.115. The van der Waals surface area contributed by atoms with E-state index in [0.29, 0.717) is 11.4 Å². The second-order valence-electron chi connectivity index (χ2n) is 4.15. The molecule has 106 valence electrons. The van der Waals surface area contributed by atoms with E-state index >= 15 is 0 Å². The van der Waals surface area contributed by atoms with Gasteiger partial charge in [-0.15, -0.1) is 0 Å². The molecule has 3 amide bonds. The minimum atomic E-state index is -0.534. The zero-order valence-electron chi connectivity index (χ0n) is 11.1. The van der Waals surface area contributed by atoms with Gasteiger partial charge in [0.15, 0.2) is 5.57 Å². The van der Waals surface area contributed by atoms with E-state index in [9.17, 15) is 9.59 Å². The van der Waals surface area contributed by atoms with Gasteiger partial charge >= 0.3 is 6.03 Å². The van der Waals surface area contributed by atoms with Crippen molar-refractivity contribution in [2.75, 3.05) is 16.8 Å². The molecule has 8 nitrogen and oxygen atoms in total. The van der Waals surface area contributed by atoms with Crippen LogP contribution in [0.4, 0.5) is 16.2 Å². The monoisotopic (exact) mass is 292 g/mol. The molecule has 1 saturated heterocycles. The molecule has 1 aliphatic heterocycles. The molecule has 1 heterocycles. The first-order valence-corrected chi connectivity index (χ1v) is 6.03. The Bertz CT molecular complexity index is 774. The lowest BCUT2D eigenvalue weighted by Crippen LogP contribution is -2.30. The van der Waals surface area contributed by atoms with Crippen molar-refractivity contribution < 1.29 is 9.59 Å². The van der Waals surface area contributed by atoms with Crippen molar-refractivity contribution in [2.24, 2.45) is 0 Å². The van der Waals surface area contributed by atoms with E-state index in [-0.39, 0.29) is 17.8 Å². The Morgan fingerprint density at radius 2 is 1.91 bits per heavy atom. The second kappa shape index (κ2) is 6.08. The highest BCUT2D eigenvalue weighted by Gasteiger charge is 2.29. The van der Waals surface area contributed by atoms with E-state index < -0.39 is 11.9 Å². The number of amides is 3. The van der Waals surface area contributed by atoms with Crippen LogP contribution < -0.4 is 15.5 Å². The van der Waals surface area contributed by atoms with Gasteiger partial charge in [-0.2, -0.15) is 15.8 Å². The van der Waals surface area contributed by atoms with E-state index in [1.165, 1.54) is 6.07 Å². The molecule has 0 saturated carbocycles. The third-order valence-corrected chi connectivity index (χ3v) is 2.80. The Balaban J connectivity index is 2.35. The molecule has 0 aromatic heterocycles. The number of urea groups is 1. The summed E-state index contributed by atoms with van der Waals surface area (Å²) in [5.74, 6) is -0.395. The summed E-state index contributed by atoms with van der Waals surface area (Å²) in [6.45, 7) is -0.0765. The number of carbonyl (C=O) groups is 2. The van der Waals surface area contributed by atoms with Crippen molar-refractivity contribution in [3.05, 3.63) is 35.5 Å². The largest absolute Gasteiger partial charge is 0.345 e. The summed E-state index contributed by atoms with van der Waals surface area (Å²) >= 11 is 0. The number of carbonyl (C=O) groups excluding carboxylic acids is 2. The van der Waals surface area contributed by atoms with Gasteiger partial charge in [-0.05, 0) is 18.2 Å². The molecule has 0 radical (unpaired) electrons. The average molecular weight is 292 g/mol. The zero-order chi connectivity index (χ0) is 16.1. The van der Waals surface area contributed by atoms with Crippen LogP contribution in [0.5, 0.6) is 0 Å². The number of nitriles is 3. The smallest absolute Gasteiger partial charge is 0.329 e. The maximum atomic E-state index is 11.7. The van der Waals surface area contributed by atoms with E-state index in [0.717, 1.165) is 4.90 Å². The normalized spacial score (nSPS) is 12.7. The number of nitrogens with zero attached hydrogens (tertiary/aromatic N) is 4. The van der Waals surface area contributed by atoms with Gasteiger partial charge in [-0.25, -0.2) is 9.69 Å². The molecule has 1 aliphatic rings. The Hall–Kier alpha value is -3.83. The molecule has 2 N–H and O–H groups in total. The molecule has 1 aromatic rings. The van der Waals surface area contributed by atoms with Crippen LogP contribution in [0.3, 0.4) is 0 Å². The number of rotatable bonds is 3. The molecule has 0 spiro atoms. The third-order valence-electron chi connectivity index (χ3n) is 2.80. The molecule has 1 aromatic carbocycles. The molecule has 0 atom stereocenters. The third kappa shape index (κ3) is 2.69. The van der Waals surface area contributed by atoms with Gasteiger partial charge < -0.3 is 10.6 Å². The predicted octanol–water partition coefficient (Wildman–Crippen LogP) is 0.980. The minimum absolute atomic E-state index is 0.0765. The summed E-state index contributed by atoms with van der Waals surface area (Å²) in [6, 6.07) is 10.6. The number of imide groups is 1. The second-order valence-corrected chi connectivity index (χ2v) is 4.15. The number of nitrogens with one attached hydrogen (secondary N) is 2. The van der Waals surface area contributed by atoms with Gasteiger partial charge in [-0.3, -0.25) is 4.79 Å². The first-order chi connectivity index (χ1) is 10.6. The standard InChI is InChI=1S/C14H8N6O2/c15-5-9(6-16)12(7-17)19-10-2-1-3-11(4-10)20-13(21)8-18-14(20)22/h1-4,19H,8H2,(H,18,22). The van der Waals surface area contributed by atoms with Crippen molar-refractivity contribution in [1.82, 2.24) is 5.32 Å². The zero-order valence-corrected chi connectivity index (χ0v) is 11.1. The molecule has 1 fully saturated rings. The predicted molar refractivity (Wildman–Crippen MR) is 74.8 cm³/mol. The molecule has 0 unspecified atom stereocenters. The summed E-state index contributed by atoms with van der Waals surface area (Å²) in [7, 11) is 0. The van der Waals surface area contributed by atoms with Gasteiger partial charge in [0, 0.05) is 5.69 Å². The number of allylic oxidation sites excluding steroid dienone is 2. The molecule has 22 heavy (non-hydrogen) atoms. The minimum Gasteiger partial charge on any atom is -0.345 e. The van der Waals surface area contributed by atoms with Crippen LogP contribution >= 0.6 is 0 Å². The molecule has 2 rings (SSSR count). The highest BCUT2D eigenvalue weighted by Crippen LogP contribution is 2.22. The summed E-state index contributed by atoms with van der Waals surface area (Å²) in [5.41, 5.74) is 0.115. The van der Waals surface area contributed by atoms with Crippen LogP contribution in [0, 0.1) is 34.0 Å². The number of benzene rings is 1. The first-order valence-electron chi connectivity index (χ1n) is 6.03. The van der Waals surface area contributed by atoms with Crippen LogP contribution in [-0.2, 0) is 4.79 Å². The molecular formula is C14H8N6O2. The number of hydrogen-bond acceptors (Lipinski definition) is 6. The Morgan fingerprint density at radius 3 is 2.45 bits per heavy atom. The van der Waals surface area contributed by atoms with Crippen LogP contribution in [0.25, 0.3) is 0 Å². The Kier molecular flexibility index (Phi) is 4.03. The topological polar surface area (TPSA) is 133 Å². The van der Waals surface area contributed by atoms with E-state index in [1.54, 1.807) is 36.4 Å². The Labute approximate surface area is 125 Å². The lowest BCUT2D eigenvalue weighted by Gasteiger charge is -2.14. The average Bonchev–Trinajstić information content (AvgIpc) is 2.86. The SMILES string of the molecule is N#CC(C#N)=C(C#N)Nc1cccc(N2C(=O)CNC2=O)c1. The van der Waals surface area contributed by atoms with Crippen LogP contribution in [0.15, 0.2) is 35.5 Å². The van der Waals surface area contributed by atoms with Crippen molar-refractivity contribution >= 4 is 23.3 Å². The van der Waals surface area contributed by atoms with Crippen LogP contribution in [0.2, 0.25) is 0 Å². The van der Waals surface area contributed by atoms with Crippen LogP contribution in [0.1, 0.15) is 0 Å². The van der Waals surface area contributed by atoms with Crippen molar-refractivity contribution in [3.63, 3.8) is 0 Å². The summed E-state index contributed by atoms with van der Waals surface area (Å²) in [5, 5.41) is 31.6. The number of hydrogen-bond donors (Lipinski definition) is 2. The molecular weight excluding hydrogens is 284 g/mol. The van der Waals surface area contributed by atoms with Gasteiger partial charge in [0.05, 0.1) is 12.2 Å². The lowest BCUT2D eigenvalue weighted by atomic mass is 10.2. The maximum absolute atomic E-state index is 11.7. The fourth-order valence-corrected chi connectivity index (χ4v) is 1.83. The summed E-state index contributed by atoms with van der Waals surface area (Å²) < 4.78 is 0. The molecule has 0 aliphatic carbocycles. The molecule has 0 bridgehead atoms. The molecule has 8 heteroatoms. The highest BCUT2D eigenvalue weighted by molar-refractivity contribution is 6.19. The summed E-state index contributed by atoms with van der Waals surface area (Å²) in [6.07, 6.45) is 0. The maximum Gasteiger partial charge on any atom is 0.329 e.